The van der Waals surface area contributed by atoms with Crippen molar-refractivity contribution in [1.82, 2.24) is 5.32 Å². The fourth-order valence-electron chi connectivity index (χ4n) is 3.36. The van der Waals surface area contributed by atoms with E-state index in [1.165, 1.54) is 32.1 Å². The largest absolute Gasteiger partial charge is 0.359 e. The van der Waals surface area contributed by atoms with E-state index in [-0.39, 0.29) is 16.2 Å². The van der Waals surface area contributed by atoms with Gasteiger partial charge in [0.2, 0.25) is 0 Å². The molecule has 17 heavy (non-hydrogen) atoms. The van der Waals surface area contributed by atoms with Crippen LogP contribution in [0.5, 0.6) is 0 Å². The highest BCUT2D eigenvalue weighted by molar-refractivity contribution is 8.16. The molecule has 3 rings (SSSR count). The summed E-state index contributed by atoms with van der Waals surface area (Å²) in [5.41, 5.74) is 0.274. The van der Waals surface area contributed by atoms with Gasteiger partial charge < -0.3 is 5.32 Å². The first-order valence-electron chi connectivity index (χ1n) is 6.66. The first-order valence-corrected chi connectivity index (χ1v) is 7.47. The fourth-order valence-corrected chi connectivity index (χ4v) is 4.46. The normalized spacial score (nSPS) is 44.2. The Balaban J connectivity index is 1.71. The van der Waals surface area contributed by atoms with Crippen LogP contribution in [-0.2, 0) is 4.79 Å². The van der Waals surface area contributed by atoms with Crippen LogP contribution in [0.2, 0.25) is 0 Å². The number of hydrogen-bond donors (Lipinski definition) is 1. The van der Waals surface area contributed by atoms with Gasteiger partial charge in [-0.15, -0.1) is 0 Å². The molecule has 0 saturated heterocycles. The van der Waals surface area contributed by atoms with E-state index in [0.717, 1.165) is 17.5 Å². The molecule has 0 spiro atoms. The Hall–Kier alpha value is -0.510. The molecule has 1 N–H and O–H groups in total. The van der Waals surface area contributed by atoms with Crippen molar-refractivity contribution in [3.8, 4) is 0 Å². The SMILES string of the molecule is CCC1(C)SC(NC23CCC(CC2)C3)=NC1=O. The van der Waals surface area contributed by atoms with Crippen molar-refractivity contribution in [3.63, 3.8) is 0 Å². The second-order valence-corrected chi connectivity index (χ2v) is 7.45. The van der Waals surface area contributed by atoms with Crippen LogP contribution >= 0.6 is 11.8 Å². The summed E-state index contributed by atoms with van der Waals surface area (Å²) in [5, 5.41) is 4.47. The lowest BCUT2D eigenvalue weighted by Gasteiger charge is -2.29. The standard InChI is InChI=1S/C13H20N2OS/c1-3-12(2)10(16)14-11(17-12)15-13-6-4-9(8-13)5-7-13/h9H,3-8H2,1-2H3,(H,14,15,16). The van der Waals surface area contributed by atoms with Crippen LogP contribution in [0, 0.1) is 5.92 Å². The van der Waals surface area contributed by atoms with Crippen molar-refractivity contribution in [1.29, 1.82) is 0 Å². The van der Waals surface area contributed by atoms with Gasteiger partial charge >= 0.3 is 0 Å². The maximum absolute atomic E-state index is 11.9. The van der Waals surface area contributed by atoms with Gasteiger partial charge in [0, 0.05) is 5.54 Å². The molecule has 3 aliphatic rings. The number of amidine groups is 1. The molecular formula is C13H20N2OS. The second-order valence-electron chi connectivity index (χ2n) is 5.96. The Morgan fingerprint density at radius 3 is 2.65 bits per heavy atom. The van der Waals surface area contributed by atoms with Gasteiger partial charge in [-0.25, -0.2) is 0 Å². The molecule has 0 aromatic rings. The van der Waals surface area contributed by atoms with Crippen LogP contribution in [0.15, 0.2) is 4.99 Å². The third kappa shape index (κ3) is 1.81. The predicted octanol–water partition coefficient (Wildman–Crippen LogP) is 2.71. The fraction of sp³-hybridized carbons (Fsp3) is 0.846. The minimum absolute atomic E-state index is 0.0384. The highest BCUT2D eigenvalue weighted by atomic mass is 32.2. The van der Waals surface area contributed by atoms with Crippen molar-refractivity contribution >= 4 is 22.8 Å². The number of nitrogens with zero attached hydrogens (tertiary/aromatic N) is 1. The lowest BCUT2D eigenvalue weighted by Crippen LogP contribution is -2.43. The molecule has 1 atom stereocenters. The lowest BCUT2D eigenvalue weighted by molar-refractivity contribution is -0.119. The molecule has 3 nitrogen and oxygen atoms in total. The number of hydrogen-bond acceptors (Lipinski definition) is 3. The minimum Gasteiger partial charge on any atom is -0.359 e. The molecule has 1 amide bonds. The zero-order valence-electron chi connectivity index (χ0n) is 10.6. The quantitative estimate of drug-likeness (QED) is 0.821. The van der Waals surface area contributed by atoms with Crippen molar-refractivity contribution in [2.75, 3.05) is 0 Å². The Morgan fingerprint density at radius 1 is 1.47 bits per heavy atom. The van der Waals surface area contributed by atoms with E-state index in [1.54, 1.807) is 11.8 Å². The molecule has 2 aliphatic carbocycles. The van der Waals surface area contributed by atoms with Gasteiger partial charge in [0.25, 0.3) is 5.91 Å². The van der Waals surface area contributed by atoms with Crippen LogP contribution < -0.4 is 5.32 Å². The highest BCUT2D eigenvalue weighted by Crippen LogP contribution is 2.48. The number of amides is 1. The molecule has 1 heterocycles. The minimum atomic E-state index is -0.324. The summed E-state index contributed by atoms with van der Waals surface area (Å²) in [6.45, 7) is 4.06. The van der Waals surface area contributed by atoms with Crippen molar-refractivity contribution < 1.29 is 4.79 Å². The molecule has 1 unspecified atom stereocenters. The molecule has 2 bridgehead atoms. The third-order valence-corrected chi connectivity index (χ3v) is 6.07. The molecule has 2 saturated carbocycles. The Kier molecular flexibility index (Phi) is 2.55. The van der Waals surface area contributed by atoms with Crippen LogP contribution in [0.3, 0.4) is 0 Å². The van der Waals surface area contributed by atoms with E-state index in [2.05, 4.69) is 17.2 Å². The summed E-state index contributed by atoms with van der Waals surface area (Å²) >= 11 is 1.63. The summed E-state index contributed by atoms with van der Waals surface area (Å²) in [7, 11) is 0. The lowest BCUT2D eigenvalue weighted by atomic mass is 9.94. The van der Waals surface area contributed by atoms with E-state index >= 15 is 0 Å². The number of fused-ring (bicyclic) bond motifs is 2. The Bertz CT molecular complexity index is 385. The van der Waals surface area contributed by atoms with Crippen LogP contribution in [0.4, 0.5) is 0 Å². The molecule has 0 aromatic carbocycles. The first kappa shape index (κ1) is 11.6. The Labute approximate surface area is 107 Å². The van der Waals surface area contributed by atoms with Crippen LogP contribution in [0.25, 0.3) is 0 Å². The maximum Gasteiger partial charge on any atom is 0.264 e. The summed E-state index contributed by atoms with van der Waals surface area (Å²) < 4.78 is -0.324. The number of nitrogens with one attached hydrogen (secondary N) is 1. The van der Waals surface area contributed by atoms with E-state index in [9.17, 15) is 4.79 Å². The van der Waals surface area contributed by atoms with E-state index < -0.39 is 0 Å². The van der Waals surface area contributed by atoms with Gasteiger partial charge in [0.15, 0.2) is 5.17 Å². The average molecular weight is 252 g/mol. The van der Waals surface area contributed by atoms with Gasteiger partial charge in [-0.1, -0.05) is 18.7 Å². The number of rotatable bonds is 2. The van der Waals surface area contributed by atoms with Crippen LogP contribution in [-0.4, -0.2) is 21.4 Å². The van der Waals surface area contributed by atoms with Gasteiger partial charge in [0.1, 0.15) is 4.75 Å². The first-order chi connectivity index (χ1) is 8.05. The summed E-state index contributed by atoms with van der Waals surface area (Å²) in [6, 6.07) is 0. The molecule has 94 valence electrons. The number of carbonyl (C=O) groups is 1. The topological polar surface area (TPSA) is 41.5 Å². The Morgan fingerprint density at radius 2 is 2.18 bits per heavy atom. The van der Waals surface area contributed by atoms with Crippen molar-refractivity contribution in [3.05, 3.63) is 0 Å². The molecule has 1 aliphatic heterocycles. The van der Waals surface area contributed by atoms with Crippen molar-refractivity contribution in [2.45, 2.75) is 62.7 Å². The van der Waals surface area contributed by atoms with E-state index in [0.29, 0.717) is 0 Å². The number of carbonyl (C=O) groups excluding carboxylic acids is 1. The predicted molar refractivity (Wildman–Crippen MR) is 71.2 cm³/mol. The summed E-state index contributed by atoms with van der Waals surface area (Å²) in [5.74, 6) is 0.958. The molecule has 0 radical (unpaired) electrons. The smallest absolute Gasteiger partial charge is 0.264 e. The van der Waals surface area contributed by atoms with E-state index in [1.807, 2.05) is 6.92 Å². The van der Waals surface area contributed by atoms with Gasteiger partial charge in [-0.05, 0) is 51.4 Å². The average Bonchev–Trinajstić information content (AvgIpc) is 2.94. The monoisotopic (exact) mass is 252 g/mol. The maximum atomic E-state index is 11.9. The summed E-state index contributed by atoms with van der Waals surface area (Å²) in [4.78, 5) is 16.1. The third-order valence-electron chi connectivity index (χ3n) is 4.77. The van der Waals surface area contributed by atoms with Gasteiger partial charge in [-0.2, -0.15) is 4.99 Å². The second kappa shape index (κ2) is 3.74. The van der Waals surface area contributed by atoms with Gasteiger partial charge in [-0.3, -0.25) is 4.79 Å². The van der Waals surface area contributed by atoms with Crippen molar-refractivity contribution in [2.24, 2.45) is 10.9 Å². The molecule has 4 heteroatoms. The molecule has 0 aromatic heterocycles. The van der Waals surface area contributed by atoms with E-state index in [4.69, 9.17) is 0 Å². The van der Waals surface area contributed by atoms with Gasteiger partial charge in [0.05, 0.1) is 0 Å². The molecular weight excluding hydrogens is 232 g/mol. The molecule has 2 fully saturated rings. The summed E-state index contributed by atoms with van der Waals surface area (Å²) in [6.07, 6.45) is 7.35. The number of thioether (sulfide) groups is 1. The van der Waals surface area contributed by atoms with Crippen LogP contribution in [0.1, 0.15) is 52.4 Å². The zero-order valence-corrected chi connectivity index (χ0v) is 11.4. The highest BCUT2D eigenvalue weighted by Gasteiger charge is 2.47. The number of aliphatic imine (C=N–C) groups is 1. The zero-order chi connectivity index (χ0) is 12.1.